The van der Waals surface area contributed by atoms with E-state index in [0.29, 0.717) is 24.1 Å². The molecule has 1 aliphatic heterocycles. The average molecular weight is 255 g/mol. The van der Waals surface area contributed by atoms with Crippen molar-refractivity contribution in [2.24, 2.45) is 0 Å². The zero-order chi connectivity index (χ0) is 13.3. The number of aromatic amines is 2. The van der Waals surface area contributed by atoms with Crippen LogP contribution in [0.4, 0.5) is 0 Å². The fraction of sp³-hybridized carbons (Fsp3) is 0.636. The van der Waals surface area contributed by atoms with Gasteiger partial charge in [-0.25, -0.2) is 4.79 Å². The van der Waals surface area contributed by atoms with Crippen molar-refractivity contribution in [3.8, 4) is 0 Å². The molecule has 2 rings (SSSR count). The first-order chi connectivity index (χ1) is 8.51. The van der Waals surface area contributed by atoms with Crippen LogP contribution in [-0.4, -0.2) is 45.0 Å². The lowest BCUT2D eigenvalue weighted by Crippen LogP contribution is -2.37. The van der Waals surface area contributed by atoms with E-state index in [4.69, 9.17) is 5.11 Å². The molecule has 5 N–H and O–H groups in total. The van der Waals surface area contributed by atoms with Crippen LogP contribution >= 0.6 is 0 Å². The van der Waals surface area contributed by atoms with E-state index in [2.05, 4.69) is 15.3 Å². The van der Waals surface area contributed by atoms with Gasteiger partial charge in [0.25, 0.3) is 5.56 Å². The molecule has 7 nitrogen and oxygen atoms in total. The molecule has 3 atom stereocenters. The van der Waals surface area contributed by atoms with E-state index in [-0.39, 0.29) is 18.7 Å². The normalized spacial score (nSPS) is 27.6. The monoisotopic (exact) mass is 255 g/mol. The van der Waals surface area contributed by atoms with Crippen LogP contribution < -0.4 is 16.6 Å². The summed E-state index contributed by atoms with van der Waals surface area (Å²) in [7, 11) is 0. The zero-order valence-electron chi connectivity index (χ0n) is 10.1. The number of aliphatic hydroxyl groups excluding tert-OH is 2. The Labute approximate surface area is 103 Å². The molecule has 0 saturated carbocycles. The van der Waals surface area contributed by atoms with Gasteiger partial charge in [0.15, 0.2) is 0 Å². The Morgan fingerprint density at radius 2 is 2.06 bits per heavy atom. The molecular weight excluding hydrogens is 238 g/mol. The van der Waals surface area contributed by atoms with E-state index in [1.807, 2.05) is 0 Å². The smallest absolute Gasteiger partial charge is 0.325 e. The molecule has 18 heavy (non-hydrogen) atoms. The SMILES string of the molecule is Cc1c(CC2CC(O)C(CO)N2)[nH]c(=O)[nH]c1=O. The van der Waals surface area contributed by atoms with E-state index in [1.54, 1.807) is 6.92 Å². The lowest BCUT2D eigenvalue weighted by molar-refractivity contribution is 0.121. The average Bonchev–Trinajstić information content (AvgIpc) is 2.65. The van der Waals surface area contributed by atoms with Crippen LogP contribution in [0.25, 0.3) is 0 Å². The van der Waals surface area contributed by atoms with Gasteiger partial charge in [-0.05, 0) is 13.3 Å². The summed E-state index contributed by atoms with van der Waals surface area (Å²) >= 11 is 0. The number of H-pyrrole nitrogens is 2. The molecule has 0 aliphatic carbocycles. The number of nitrogens with one attached hydrogen (secondary N) is 3. The van der Waals surface area contributed by atoms with Crippen LogP contribution in [0.15, 0.2) is 9.59 Å². The number of hydrogen-bond acceptors (Lipinski definition) is 5. The molecule has 7 heteroatoms. The first-order valence-corrected chi connectivity index (χ1v) is 5.88. The maximum absolute atomic E-state index is 11.4. The van der Waals surface area contributed by atoms with Gasteiger partial charge in [-0.3, -0.25) is 9.78 Å². The van der Waals surface area contributed by atoms with Crippen molar-refractivity contribution in [1.29, 1.82) is 0 Å². The number of rotatable bonds is 3. The van der Waals surface area contributed by atoms with Crippen molar-refractivity contribution in [3.05, 3.63) is 32.1 Å². The number of aliphatic hydroxyl groups is 2. The molecule has 1 aromatic heterocycles. The Balaban J connectivity index is 2.16. The second-order valence-corrected chi connectivity index (χ2v) is 4.67. The molecular formula is C11H17N3O4. The predicted octanol–water partition coefficient (Wildman–Crippen LogP) is -2.00. The van der Waals surface area contributed by atoms with Crippen molar-refractivity contribution < 1.29 is 10.2 Å². The van der Waals surface area contributed by atoms with Crippen LogP contribution in [0, 0.1) is 6.92 Å². The summed E-state index contributed by atoms with van der Waals surface area (Å²) in [6, 6.07) is -0.405. The van der Waals surface area contributed by atoms with Crippen molar-refractivity contribution in [3.63, 3.8) is 0 Å². The summed E-state index contributed by atoms with van der Waals surface area (Å²) in [6.45, 7) is 1.50. The highest BCUT2D eigenvalue weighted by Crippen LogP contribution is 2.16. The molecule has 1 saturated heterocycles. The molecule has 0 radical (unpaired) electrons. The summed E-state index contributed by atoms with van der Waals surface area (Å²) in [5.41, 5.74) is 0.106. The molecule has 0 spiro atoms. The van der Waals surface area contributed by atoms with Gasteiger partial charge in [0.05, 0.1) is 18.8 Å². The van der Waals surface area contributed by atoms with Crippen molar-refractivity contribution in [2.75, 3.05) is 6.61 Å². The van der Waals surface area contributed by atoms with Crippen LogP contribution in [0.2, 0.25) is 0 Å². The third kappa shape index (κ3) is 2.53. The van der Waals surface area contributed by atoms with Crippen LogP contribution in [0.3, 0.4) is 0 Å². The minimum absolute atomic E-state index is 0.0618. The summed E-state index contributed by atoms with van der Waals surface area (Å²) in [6.07, 6.45) is 0.326. The first kappa shape index (κ1) is 13.0. The van der Waals surface area contributed by atoms with Gasteiger partial charge in [0, 0.05) is 23.7 Å². The zero-order valence-corrected chi connectivity index (χ0v) is 10.1. The quantitative estimate of drug-likeness (QED) is 0.428. The minimum Gasteiger partial charge on any atom is -0.395 e. The van der Waals surface area contributed by atoms with E-state index in [0.717, 1.165) is 0 Å². The third-order valence-corrected chi connectivity index (χ3v) is 3.37. The molecule has 3 unspecified atom stereocenters. The van der Waals surface area contributed by atoms with Crippen molar-refractivity contribution >= 4 is 0 Å². The van der Waals surface area contributed by atoms with Crippen molar-refractivity contribution in [1.82, 2.24) is 15.3 Å². The Morgan fingerprint density at radius 1 is 1.33 bits per heavy atom. The van der Waals surface area contributed by atoms with E-state index in [1.165, 1.54) is 0 Å². The number of aromatic nitrogens is 2. The Hall–Kier alpha value is -1.44. The van der Waals surface area contributed by atoms with Crippen molar-refractivity contribution in [2.45, 2.75) is 38.0 Å². The highest BCUT2D eigenvalue weighted by Gasteiger charge is 2.32. The molecule has 0 aromatic carbocycles. The summed E-state index contributed by atoms with van der Waals surface area (Å²) in [5, 5.41) is 21.8. The fourth-order valence-electron chi connectivity index (χ4n) is 2.30. The third-order valence-electron chi connectivity index (χ3n) is 3.37. The maximum Gasteiger partial charge on any atom is 0.325 e. The lowest BCUT2D eigenvalue weighted by Gasteiger charge is -2.13. The van der Waals surface area contributed by atoms with Gasteiger partial charge >= 0.3 is 5.69 Å². The second kappa shape index (κ2) is 5.05. The Kier molecular flexibility index (Phi) is 3.65. The van der Waals surface area contributed by atoms with Gasteiger partial charge in [0.2, 0.25) is 0 Å². The Morgan fingerprint density at radius 3 is 2.67 bits per heavy atom. The minimum atomic E-state index is -0.603. The van der Waals surface area contributed by atoms with Gasteiger partial charge in [-0.1, -0.05) is 0 Å². The number of hydrogen-bond donors (Lipinski definition) is 5. The second-order valence-electron chi connectivity index (χ2n) is 4.67. The van der Waals surface area contributed by atoms with Gasteiger partial charge < -0.3 is 20.5 Å². The van der Waals surface area contributed by atoms with E-state index in [9.17, 15) is 14.7 Å². The predicted molar refractivity (Wildman–Crippen MR) is 64.5 cm³/mol. The van der Waals surface area contributed by atoms with Gasteiger partial charge in [0.1, 0.15) is 0 Å². The summed E-state index contributed by atoms with van der Waals surface area (Å²) in [5.74, 6) is 0. The van der Waals surface area contributed by atoms with Crippen LogP contribution in [0.1, 0.15) is 17.7 Å². The first-order valence-electron chi connectivity index (χ1n) is 5.88. The van der Waals surface area contributed by atoms with Gasteiger partial charge in [-0.15, -0.1) is 0 Å². The van der Waals surface area contributed by atoms with Gasteiger partial charge in [-0.2, -0.15) is 0 Å². The summed E-state index contributed by atoms with van der Waals surface area (Å²) in [4.78, 5) is 27.4. The van der Waals surface area contributed by atoms with E-state index < -0.39 is 17.4 Å². The highest BCUT2D eigenvalue weighted by atomic mass is 16.3. The molecule has 2 heterocycles. The van der Waals surface area contributed by atoms with Crippen LogP contribution in [0.5, 0.6) is 0 Å². The molecule has 0 bridgehead atoms. The van der Waals surface area contributed by atoms with E-state index >= 15 is 0 Å². The Bertz CT molecular complexity index is 536. The lowest BCUT2D eigenvalue weighted by atomic mass is 10.1. The molecule has 1 fully saturated rings. The standard InChI is InChI=1S/C11H17N3O4/c1-5-7(13-11(18)14-10(5)17)2-6-3-9(16)8(4-15)12-6/h6,8-9,12,15-16H,2-4H2,1H3,(H2,13,14,17,18). The molecule has 0 amide bonds. The fourth-order valence-corrected chi connectivity index (χ4v) is 2.30. The largest absolute Gasteiger partial charge is 0.395 e. The summed E-state index contributed by atoms with van der Waals surface area (Å²) < 4.78 is 0. The maximum atomic E-state index is 11.4. The topological polar surface area (TPSA) is 118 Å². The molecule has 100 valence electrons. The van der Waals surface area contributed by atoms with Crippen LogP contribution in [-0.2, 0) is 6.42 Å². The highest BCUT2D eigenvalue weighted by molar-refractivity contribution is 5.16. The molecule has 1 aliphatic rings. The molecule has 1 aromatic rings.